The van der Waals surface area contributed by atoms with Crippen LogP contribution in [-0.2, 0) is 0 Å². The van der Waals surface area contributed by atoms with E-state index in [0.29, 0.717) is 0 Å². The number of rotatable bonds is 5. The largest absolute Gasteiger partial charge is 0.0991 e. The summed E-state index contributed by atoms with van der Waals surface area (Å²) in [6.45, 7) is 11.7. The van der Waals surface area contributed by atoms with E-state index < -0.39 is 0 Å². The van der Waals surface area contributed by atoms with Crippen LogP contribution in [0, 0.1) is 0 Å². The summed E-state index contributed by atoms with van der Waals surface area (Å²) in [5, 5.41) is 0. The number of allylic oxidation sites excluding steroid dienone is 6. The van der Waals surface area contributed by atoms with E-state index in [2.05, 4.69) is 33.1 Å². The molecule has 0 fully saturated rings. The molecule has 0 aliphatic heterocycles. The zero-order valence-corrected chi connectivity index (χ0v) is 8.14. The van der Waals surface area contributed by atoms with Crippen molar-refractivity contribution in [3.63, 3.8) is 0 Å². The Morgan fingerprint density at radius 3 is 2.42 bits per heavy atom. The summed E-state index contributed by atoms with van der Waals surface area (Å²) in [5.74, 6) is 0. The van der Waals surface area contributed by atoms with Crippen LogP contribution in [0.15, 0.2) is 48.6 Å². The van der Waals surface area contributed by atoms with Crippen molar-refractivity contribution < 1.29 is 0 Å². The van der Waals surface area contributed by atoms with Crippen molar-refractivity contribution in [3.05, 3.63) is 48.6 Å². The third-order valence-electron chi connectivity index (χ3n) is 1.75. The van der Waals surface area contributed by atoms with Crippen LogP contribution in [0.4, 0.5) is 0 Å². The second-order valence-corrected chi connectivity index (χ2v) is 2.76. The molecule has 0 aromatic heterocycles. The third kappa shape index (κ3) is 3.97. The molecule has 0 nitrogen and oxygen atoms in total. The molecule has 0 saturated heterocycles. The van der Waals surface area contributed by atoms with Gasteiger partial charge in [0.15, 0.2) is 0 Å². The molecule has 0 rings (SSSR count). The average Bonchev–Trinajstić information content (AvgIpc) is 2.10. The first-order chi connectivity index (χ1) is 5.76. The fourth-order valence-corrected chi connectivity index (χ4v) is 1.05. The highest BCUT2D eigenvalue weighted by Crippen LogP contribution is 2.12. The molecular formula is C12H18. The summed E-state index contributed by atoms with van der Waals surface area (Å²) in [6, 6.07) is 0. The van der Waals surface area contributed by atoms with E-state index in [1.165, 1.54) is 17.6 Å². The summed E-state index contributed by atoms with van der Waals surface area (Å²) in [4.78, 5) is 0. The molecule has 0 amide bonds. The minimum Gasteiger partial charge on any atom is -0.0991 e. The predicted octanol–water partition coefficient (Wildman–Crippen LogP) is 4.03. The van der Waals surface area contributed by atoms with E-state index in [4.69, 9.17) is 0 Å². The highest BCUT2D eigenvalue weighted by atomic mass is 14.0. The average molecular weight is 162 g/mol. The zero-order chi connectivity index (χ0) is 9.40. The zero-order valence-electron chi connectivity index (χ0n) is 8.14. The first-order valence-electron chi connectivity index (χ1n) is 4.37. The van der Waals surface area contributed by atoms with Crippen LogP contribution in [0.3, 0.4) is 0 Å². The van der Waals surface area contributed by atoms with Gasteiger partial charge in [0.25, 0.3) is 0 Å². The Bertz CT molecular complexity index is 204. The highest BCUT2D eigenvalue weighted by molar-refractivity contribution is 5.31. The quantitative estimate of drug-likeness (QED) is 0.535. The van der Waals surface area contributed by atoms with Gasteiger partial charge in [-0.2, -0.15) is 0 Å². The van der Waals surface area contributed by atoms with Crippen LogP contribution in [0.1, 0.15) is 26.7 Å². The fraction of sp³-hybridized carbons (Fsp3) is 0.333. The summed E-state index contributed by atoms with van der Waals surface area (Å²) in [6.07, 6.45) is 10.0. The highest BCUT2D eigenvalue weighted by Gasteiger charge is 1.92. The molecule has 12 heavy (non-hydrogen) atoms. The minimum atomic E-state index is 1.11. The molecule has 0 unspecified atom stereocenters. The standard InChI is InChI=1S/C12H18/c1-5-8-10-11(4)12(7-3)9-6-2/h5,7-8,10H,1,3,6,9H2,2,4H3/b10-8-,12-11+. The molecule has 0 aliphatic rings. The lowest BCUT2D eigenvalue weighted by Crippen LogP contribution is -1.81. The molecule has 0 spiro atoms. The van der Waals surface area contributed by atoms with Crippen LogP contribution in [0.25, 0.3) is 0 Å². The molecule has 0 bridgehead atoms. The van der Waals surface area contributed by atoms with Crippen LogP contribution >= 0.6 is 0 Å². The summed E-state index contributed by atoms with van der Waals surface area (Å²) < 4.78 is 0. The lowest BCUT2D eigenvalue weighted by atomic mass is 10.0. The lowest BCUT2D eigenvalue weighted by Gasteiger charge is -2.01. The van der Waals surface area contributed by atoms with Gasteiger partial charge in [-0.15, -0.1) is 0 Å². The molecule has 0 saturated carbocycles. The first kappa shape index (κ1) is 11.0. The van der Waals surface area contributed by atoms with Gasteiger partial charge in [-0.05, 0) is 24.5 Å². The van der Waals surface area contributed by atoms with Crippen LogP contribution in [0.5, 0.6) is 0 Å². The lowest BCUT2D eigenvalue weighted by molar-refractivity contribution is 0.918. The van der Waals surface area contributed by atoms with Gasteiger partial charge in [0.1, 0.15) is 0 Å². The van der Waals surface area contributed by atoms with Crippen molar-refractivity contribution in [3.8, 4) is 0 Å². The molecule has 0 heteroatoms. The van der Waals surface area contributed by atoms with Gasteiger partial charge >= 0.3 is 0 Å². The van der Waals surface area contributed by atoms with Crippen molar-refractivity contribution in [2.24, 2.45) is 0 Å². The van der Waals surface area contributed by atoms with E-state index in [0.717, 1.165) is 6.42 Å². The minimum absolute atomic E-state index is 1.11. The van der Waals surface area contributed by atoms with Gasteiger partial charge in [-0.1, -0.05) is 50.8 Å². The van der Waals surface area contributed by atoms with Gasteiger partial charge < -0.3 is 0 Å². The van der Waals surface area contributed by atoms with Crippen molar-refractivity contribution in [1.82, 2.24) is 0 Å². The first-order valence-corrected chi connectivity index (χ1v) is 4.37. The monoisotopic (exact) mass is 162 g/mol. The molecule has 0 radical (unpaired) electrons. The number of hydrogen-bond acceptors (Lipinski definition) is 0. The molecule has 0 aromatic carbocycles. The number of hydrogen-bond donors (Lipinski definition) is 0. The van der Waals surface area contributed by atoms with E-state index in [9.17, 15) is 0 Å². The maximum absolute atomic E-state index is 3.79. The Morgan fingerprint density at radius 1 is 1.33 bits per heavy atom. The third-order valence-corrected chi connectivity index (χ3v) is 1.75. The SMILES string of the molecule is C=C/C=C\C(C)=C(/C=C)CCC. The van der Waals surface area contributed by atoms with E-state index in [1.807, 2.05) is 12.2 Å². The summed E-state index contributed by atoms with van der Waals surface area (Å²) in [5.41, 5.74) is 2.61. The molecule has 0 heterocycles. The smallest absolute Gasteiger partial charge is 0.0279 e. The molecule has 0 aliphatic carbocycles. The Balaban J connectivity index is 4.46. The van der Waals surface area contributed by atoms with Crippen LogP contribution in [-0.4, -0.2) is 0 Å². The van der Waals surface area contributed by atoms with Crippen molar-refractivity contribution in [1.29, 1.82) is 0 Å². The summed E-state index contributed by atoms with van der Waals surface area (Å²) >= 11 is 0. The van der Waals surface area contributed by atoms with Gasteiger partial charge in [-0.3, -0.25) is 0 Å². The molecule has 0 aromatic rings. The molecule has 0 N–H and O–H groups in total. The van der Waals surface area contributed by atoms with Gasteiger partial charge in [-0.25, -0.2) is 0 Å². The van der Waals surface area contributed by atoms with Gasteiger partial charge in [0, 0.05) is 0 Å². The maximum Gasteiger partial charge on any atom is -0.0279 e. The molecular weight excluding hydrogens is 144 g/mol. The maximum atomic E-state index is 3.79. The van der Waals surface area contributed by atoms with Gasteiger partial charge in [0.2, 0.25) is 0 Å². The van der Waals surface area contributed by atoms with E-state index in [-0.39, 0.29) is 0 Å². The Hall–Kier alpha value is -1.04. The van der Waals surface area contributed by atoms with Crippen LogP contribution < -0.4 is 0 Å². The van der Waals surface area contributed by atoms with Gasteiger partial charge in [0.05, 0.1) is 0 Å². The summed E-state index contributed by atoms with van der Waals surface area (Å²) in [7, 11) is 0. The Morgan fingerprint density at radius 2 is 2.00 bits per heavy atom. The second kappa shape index (κ2) is 6.66. The molecule has 66 valence electrons. The fourth-order valence-electron chi connectivity index (χ4n) is 1.05. The Kier molecular flexibility index (Phi) is 6.08. The van der Waals surface area contributed by atoms with Crippen molar-refractivity contribution >= 4 is 0 Å². The molecule has 0 atom stereocenters. The van der Waals surface area contributed by atoms with E-state index >= 15 is 0 Å². The van der Waals surface area contributed by atoms with Crippen molar-refractivity contribution in [2.45, 2.75) is 26.7 Å². The normalized spacial score (nSPS) is 12.8. The topological polar surface area (TPSA) is 0 Å². The second-order valence-electron chi connectivity index (χ2n) is 2.76. The van der Waals surface area contributed by atoms with Crippen molar-refractivity contribution in [2.75, 3.05) is 0 Å². The Labute approximate surface area is 76.0 Å². The van der Waals surface area contributed by atoms with Crippen LogP contribution in [0.2, 0.25) is 0 Å². The van der Waals surface area contributed by atoms with E-state index in [1.54, 1.807) is 6.08 Å². The predicted molar refractivity (Wildman–Crippen MR) is 57.1 cm³/mol.